The molecule has 0 saturated heterocycles. The van der Waals surface area contributed by atoms with Gasteiger partial charge in [0.05, 0.1) is 12.1 Å². The first-order chi connectivity index (χ1) is 10.6. The molecule has 0 aliphatic carbocycles. The Kier molecular flexibility index (Phi) is 4.86. The second-order valence-electron chi connectivity index (χ2n) is 5.33. The number of amides is 1. The van der Waals surface area contributed by atoms with E-state index in [0.29, 0.717) is 10.6 Å². The normalized spacial score (nSPS) is 13.2. The Hall–Kier alpha value is -1.80. The average Bonchev–Trinajstić information content (AvgIpc) is 3.03. The molecule has 126 valence electrons. The fourth-order valence-electron chi connectivity index (χ4n) is 2.28. The average molecular weight is 346 g/mol. The Morgan fingerprint density at radius 1 is 1.30 bits per heavy atom. The van der Waals surface area contributed by atoms with Crippen LogP contribution in [0.2, 0.25) is 0 Å². The van der Waals surface area contributed by atoms with Gasteiger partial charge in [0.1, 0.15) is 5.00 Å². The molecular formula is C15H17F3N2O2S. The quantitative estimate of drug-likeness (QED) is 0.924. The molecule has 0 radical (unpaired) electrons. The van der Waals surface area contributed by atoms with Crippen molar-refractivity contribution in [3.05, 3.63) is 40.5 Å². The number of rotatable bonds is 4. The van der Waals surface area contributed by atoms with Crippen LogP contribution in [0.3, 0.4) is 0 Å². The lowest BCUT2D eigenvalue weighted by Crippen LogP contribution is -2.41. The van der Waals surface area contributed by atoms with E-state index in [0.717, 1.165) is 16.3 Å². The molecule has 0 bridgehead atoms. The van der Waals surface area contributed by atoms with E-state index in [1.54, 1.807) is 11.4 Å². The SMILES string of the molecule is Cc1ccc(C)n1-c1sccc1C(=O)N(C)CC(O)C(F)(F)F. The number of nitrogens with zero attached hydrogens (tertiary/aromatic N) is 2. The fraction of sp³-hybridized carbons (Fsp3) is 0.400. The van der Waals surface area contributed by atoms with Crippen LogP contribution in [0.1, 0.15) is 21.7 Å². The van der Waals surface area contributed by atoms with E-state index in [1.807, 2.05) is 30.5 Å². The van der Waals surface area contributed by atoms with Crippen molar-refractivity contribution in [3.8, 4) is 5.00 Å². The molecule has 0 aliphatic heterocycles. The molecule has 1 atom stereocenters. The Balaban J connectivity index is 2.27. The second kappa shape index (κ2) is 6.37. The Morgan fingerprint density at radius 3 is 2.39 bits per heavy atom. The van der Waals surface area contributed by atoms with Crippen LogP contribution in [0.15, 0.2) is 23.6 Å². The van der Waals surface area contributed by atoms with E-state index in [9.17, 15) is 18.0 Å². The van der Waals surface area contributed by atoms with Gasteiger partial charge in [-0.05, 0) is 37.4 Å². The number of aromatic nitrogens is 1. The Morgan fingerprint density at radius 2 is 1.87 bits per heavy atom. The lowest BCUT2D eigenvalue weighted by Gasteiger charge is -2.23. The maximum absolute atomic E-state index is 12.4. The molecule has 0 aliphatic rings. The van der Waals surface area contributed by atoms with E-state index in [1.165, 1.54) is 18.4 Å². The maximum atomic E-state index is 12.4. The summed E-state index contributed by atoms with van der Waals surface area (Å²) in [7, 11) is 1.24. The number of aryl methyl sites for hydroxylation is 2. The van der Waals surface area contributed by atoms with Gasteiger partial charge in [-0.3, -0.25) is 4.79 Å². The van der Waals surface area contributed by atoms with Crippen LogP contribution in [0.5, 0.6) is 0 Å². The number of aliphatic hydroxyl groups is 1. The number of alkyl halides is 3. The number of carbonyl (C=O) groups excluding carboxylic acids is 1. The highest BCUT2D eigenvalue weighted by molar-refractivity contribution is 7.13. The minimum Gasteiger partial charge on any atom is -0.382 e. The highest BCUT2D eigenvalue weighted by Crippen LogP contribution is 2.27. The van der Waals surface area contributed by atoms with Crippen molar-refractivity contribution >= 4 is 17.2 Å². The number of thiophene rings is 1. The van der Waals surface area contributed by atoms with Gasteiger partial charge in [0.25, 0.3) is 5.91 Å². The van der Waals surface area contributed by atoms with Crippen molar-refractivity contribution in [1.82, 2.24) is 9.47 Å². The van der Waals surface area contributed by atoms with Gasteiger partial charge in [-0.15, -0.1) is 11.3 Å². The predicted molar refractivity (Wildman–Crippen MR) is 82.1 cm³/mol. The summed E-state index contributed by atoms with van der Waals surface area (Å²) >= 11 is 1.34. The van der Waals surface area contributed by atoms with Gasteiger partial charge in [0.2, 0.25) is 0 Å². The summed E-state index contributed by atoms with van der Waals surface area (Å²) in [5.41, 5.74) is 2.17. The molecule has 0 saturated carbocycles. The van der Waals surface area contributed by atoms with Crippen molar-refractivity contribution in [2.24, 2.45) is 0 Å². The van der Waals surface area contributed by atoms with E-state index in [-0.39, 0.29) is 0 Å². The first kappa shape index (κ1) is 17.6. The van der Waals surface area contributed by atoms with Crippen molar-refractivity contribution in [2.45, 2.75) is 26.1 Å². The summed E-state index contributed by atoms with van der Waals surface area (Å²) in [5, 5.41) is 11.5. The lowest BCUT2D eigenvalue weighted by atomic mass is 10.2. The van der Waals surface area contributed by atoms with Crippen molar-refractivity contribution in [2.75, 3.05) is 13.6 Å². The van der Waals surface area contributed by atoms with E-state index < -0.39 is 24.7 Å². The zero-order valence-electron chi connectivity index (χ0n) is 12.9. The topological polar surface area (TPSA) is 45.5 Å². The zero-order chi connectivity index (χ0) is 17.4. The van der Waals surface area contributed by atoms with Gasteiger partial charge >= 0.3 is 6.18 Å². The molecule has 2 aromatic heterocycles. The largest absolute Gasteiger partial charge is 0.416 e. The van der Waals surface area contributed by atoms with Crippen LogP contribution in [0.25, 0.3) is 5.00 Å². The molecule has 0 aromatic carbocycles. The standard InChI is InChI=1S/C15H17F3N2O2S/c1-9-4-5-10(2)20(9)14-11(6-7-23-14)13(22)19(3)8-12(21)15(16,17)18/h4-7,12,21H,8H2,1-3H3. The monoisotopic (exact) mass is 346 g/mol. The number of aliphatic hydroxyl groups excluding tert-OH is 1. The van der Waals surface area contributed by atoms with Crippen LogP contribution >= 0.6 is 11.3 Å². The summed E-state index contributed by atoms with van der Waals surface area (Å²) in [6.45, 7) is 2.97. The molecule has 2 rings (SSSR count). The fourth-order valence-corrected chi connectivity index (χ4v) is 3.29. The number of hydrogen-bond acceptors (Lipinski definition) is 3. The van der Waals surface area contributed by atoms with Crippen LogP contribution in [-0.2, 0) is 0 Å². The molecule has 4 nitrogen and oxygen atoms in total. The molecule has 2 aromatic rings. The van der Waals surface area contributed by atoms with Crippen LogP contribution in [0.4, 0.5) is 13.2 Å². The first-order valence-corrected chi connectivity index (χ1v) is 7.74. The highest BCUT2D eigenvalue weighted by atomic mass is 32.1. The second-order valence-corrected chi connectivity index (χ2v) is 6.23. The lowest BCUT2D eigenvalue weighted by molar-refractivity contribution is -0.205. The van der Waals surface area contributed by atoms with Crippen LogP contribution in [0, 0.1) is 13.8 Å². The molecule has 1 amide bonds. The van der Waals surface area contributed by atoms with Gasteiger partial charge in [0, 0.05) is 18.4 Å². The molecule has 0 spiro atoms. The summed E-state index contributed by atoms with van der Waals surface area (Å²) in [6, 6.07) is 5.39. The first-order valence-electron chi connectivity index (χ1n) is 6.86. The third kappa shape index (κ3) is 3.59. The summed E-state index contributed by atoms with van der Waals surface area (Å²) < 4.78 is 39.2. The molecule has 8 heteroatoms. The molecule has 23 heavy (non-hydrogen) atoms. The maximum Gasteiger partial charge on any atom is 0.416 e. The Bertz CT molecular complexity index is 686. The van der Waals surface area contributed by atoms with Crippen molar-refractivity contribution < 1.29 is 23.1 Å². The number of carbonyl (C=O) groups is 1. The van der Waals surface area contributed by atoms with Gasteiger partial charge in [-0.25, -0.2) is 0 Å². The van der Waals surface area contributed by atoms with E-state index in [4.69, 9.17) is 5.11 Å². The third-order valence-electron chi connectivity index (χ3n) is 3.52. The molecule has 0 fully saturated rings. The predicted octanol–water partition coefficient (Wildman–Crippen LogP) is 3.15. The van der Waals surface area contributed by atoms with Crippen molar-refractivity contribution in [1.29, 1.82) is 0 Å². The Labute approximate surface area is 135 Å². The summed E-state index contributed by atoms with van der Waals surface area (Å²) in [4.78, 5) is 13.3. The number of hydrogen-bond donors (Lipinski definition) is 1. The van der Waals surface area contributed by atoms with Crippen molar-refractivity contribution in [3.63, 3.8) is 0 Å². The van der Waals surface area contributed by atoms with E-state index in [2.05, 4.69) is 0 Å². The summed E-state index contributed by atoms with van der Waals surface area (Å²) in [6.07, 6.45) is -7.31. The van der Waals surface area contributed by atoms with Crippen LogP contribution < -0.4 is 0 Å². The molecule has 1 unspecified atom stereocenters. The van der Waals surface area contributed by atoms with E-state index >= 15 is 0 Å². The number of likely N-dealkylation sites (N-methyl/N-ethyl adjacent to an activating group) is 1. The molecule has 2 heterocycles. The minimum atomic E-state index is -4.75. The van der Waals surface area contributed by atoms with Crippen LogP contribution in [-0.4, -0.2) is 46.4 Å². The molecule has 1 N–H and O–H groups in total. The molecular weight excluding hydrogens is 329 g/mol. The number of halogens is 3. The highest BCUT2D eigenvalue weighted by Gasteiger charge is 2.39. The van der Waals surface area contributed by atoms with Gasteiger partial charge in [0.15, 0.2) is 6.10 Å². The minimum absolute atomic E-state index is 0.314. The summed E-state index contributed by atoms with van der Waals surface area (Å²) in [5.74, 6) is -0.558. The van der Waals surface area contributed by atoms with Gasteiger partial charge in [-0.1, -0.05) is 0 Å². The van der Waals surface area contributed by atoms with Gasteiger partial charge < -0.3 is 14.6 Å². The third-order valence-corrected chi connectivity index (χ3v) is 4.42. The zero-order valence-corrected chi connectivity index (χ0v) is 13.7. The van der Waals surface area contributed by atoms with Gasteiger partial charge in [-0.2, -0.15) is 13.2 Å². The smallest absolute Gasteiger partial charge is 0.382 e.